The molecule has 2 heterocycles. The number of benzene rings is 1. The summed E-state index contributed by atoms with van der Waals surface area (Å²) in [7, 11) is -3.24. The van der Waals surface area contributed by atoms with E-state index in [1.54, 1.807) is 29.2 Å². The molecule has 8 heteroatoms. The van der Waals surface area contributed by atoms with E-state index in [0.29, 0.717) is 24.5 Å². The molecule has 1 aromatic heterocycles. The van der Waals surface area contributed by atoms with Gasteiger partial charge in [0, 0.05) is 12.7 Å². The normalized spacial score (nSPS) is 19.3. The average Bonchev–Trinajstić information content (AvgIpc) is 3.19. The predicted molar refractivity (Wildman–Crippen MR) is 86.6 cm³/mol. The lowest BCUT2D eigenvalue weighted by Crippen LogP contribution is -2.15. The molecule has 1 aromatic carbocycles. The topological polar surface area (TPSA) is 90.7 Å². The van der Waals surface area contributed by atoms with Gasteiger partial charge in [-0.05, 0) is 17.7 Å². The van der Waals surface area contributed by atoms with Crippen LogP contribution in [0.15, 0.2) is 41.6 Å². The van der Waals surface area contributed by atoms with Crippen molar-refractivity contribution in [2.24, 2.45) is 0 Å². The van der Waals surface area contributed by atoms with E-state index < -0.39 is 15.9 Å². The molecule has 1 saturated heterocycles. The number of rotatable bonds is 6. The fourth-order valence-corrected chi connectivity index (χ4v) is 3.15. The molecule has 1 fully saturated rings. The van der Waals surface area contributed by atoms with Crippen LogP contribution < -0.4 is 4.74 Å². The molecule has 7 nitrogen and oxygen atoms in total. The number of aliphatic hydroxyl groups excluding tert-OH is 1. The van der Waals surface area contributed by atoms with Crippen molar-refractivity contribution in [3.8, 4) is 5.75 Å². The Kier molecular flexibility index (Phi) is 4.88. The summed E-state index contributed by atoms with van der Waals surface area (Å²) < 4.78 is 35.5. The van der Waals surface area contributed by atoms with Crippen LogP contribution in [0.25, 0.3) is 0 Å². The summed E-state index contributed by atoms with van der Waals surface area (Å²) in [4.78, 5) is 0.229. The van der Waals surface area contributed by atoms with Gasteiger partial charge < -0.3 is 14.6 Å². The molecule has 0 saturated carbocycles. The van der Waals surface area contributed by atoms with Gasteiger partial charge in [-0.3, -0.25) is 4.68 Å². The van der Waals surface area contributed by atoms with Crippen molar-refractivity contribution in [1.29, 1.82) is 0 Å². The summed E-state index contributed by atoms with van der Waals surface area (Å²) in [6, 6.07) is 6.20. The van der Waals surface area contributed by atoms with Gasteiger partial charge in [-0.1, -0.05) is 12.1 Å². The number of aromatic nitrogens is 2. The van der Waals surface area contributed by atoms with E-state index in [2.05, 4.69) is 5.10 Å². The van der Waals surface area contributed by atoms with Crippen molar-refractivity contribution >= 4 is 9.84 Å². The number of hydrogen-bond donors (Lipinski definition) is 1. The molecule has 0 radical (unpaired) electrons. The van der Waals surface area contributed by atoms with Gasteiger partial charge in [-0.25, -0.2) is 8.42 Å². The molecule has 2 atom stereocenters. The fourth-order valence-electron chi connectivity index (χ4n) is 2.52. The van der Waals surface area contributed by atoms with Crippen LogP contribution in [0.3, 0.4) is 0 Å². The van der Waals surface area contributed by atoms with Crippen LogP contribution in [0.2, 0.25) is 0 Å². The summed E-state index contributed by atoms with van der Waals surface area (Å²) in [5.74, 6) is 0.644. The maximum Gasteiger partial charge on any atom is 0.175 e. The number of sulfone groups is 1. The highest BCUT2D eigenvalue weighted by molar-refractivity contribution is 7.90. The zero-order valence-electron chi connectivity index (χ0n) is 13.3. The molecule has 0 bridgehead atoms. The first-order chi connectivity index (χ1) is 11.4. The monoisotopic (exact) mass is 352 g/mol. The molecule has 24 heavy (non-hydrogen) atoms. The van der Waals surface area contributed by atoms with Gasteiger partial charge in [0.15, 0.2) is 15.6 Å². The highest BCUT2D eigenvalue weighted by Gasteiger charge is 2.18. The fraction of sp³-hybridized carbons (Fsp3) is 0.438. The van der Waals surface area contributed by atoms with Crippen LogP contribution in [-0.4, -0.2) is 48.9 Å². The maximum atomic E-state index is 11.5. The summed E-state index contributed by atoms with van der Waals surface area (Å²) in [5.41, 5.74) is 0.629. The lowest BCUT2D eigenvalue weighted by molar-refractivity contribution is 0.140. The van der Waals surface area contributed by atoms with Crippen molar-refractivity contribution in [2.45, 2.75) is 30.1 Å². The molecule has 0 aliphatic carbocycles. The second kappa shape index (κ2) is 6.92. The zero-order chi connectivity index (χ0) is 17.2. The van der Waals surface area contributed by atoms with E-state index >= 15 is 0 Å². The molecule has 1 aliphatic rings. The Hall–Kier alpha value is -1.90. The van der Waals surface area contributed by atoms with Crippen molar-refractivity contribution in [2.75, 3.05) is 19.5 Å². The molecule has 2 unspecified atom stereocenters. The number of hydrogen-bond acceptors (Lipinski definition) is 6. The van der Waals surface area contributed by atoms with Crippen LogP contribution in [0, 0.1) is 0 Å². The summed E-state index contributed by atoms with van der Waals surface area (Å²) in [6.07, 6.45) is 4.61. The molecular weight excluding hydrogens is 332 g/mol. The van der Waals surface area contributed by atoms with Crippen LogP contribution in [0.5, 0.6) is 5.75 Å². The van der Waals surface area contributed by atoms with Gasteiger partial charge in [0.05, 0.1) is 43.2 Å². The Labute approximate surface area is 140 Å². The Balaban J connectivity index is 1.62. The minimum absolute atomic E-state index is 0.0520. The van der Waals surface area contributed by atoms with Gasteiger partial charge >= 0.3 is 0 Å². The van der Waals surface area contributed by atoms with E-state index in [1.807, 2.05) is 0 Å². The molecule has 1 aliphatic heterocycles. The number of nitrogens with zero attached hydrogens (tertiary/aromatic N) is 2. The third-order valence-corrected chi connectivity index (χ3v) is 4.98. The largest absolute Gasteiger partial charge is 0.485 e. The van der Waals surface area contributed by atoms with Crippen molar-refractivity contribution in [3.63, 3.8) is 0 Å². The lowest BCUT2D eigenvalue weighted by Gasteiger charge is -2.12. The molecule has 3 rings (SSSR count). The minimum atomic E-state index is -3.24. The van der Waals surface area contributed by atoms with Crippen molar-refractivity contribution < 1.29 is 23.0 Å². The minimum Gasteiger partial charge on any atom is -0.485 e. The lowest BCUT2D eigenvalue weighted by atomic mass is 10.1. The third-order valence-electron chi connectivity index (χ3n) is 3.85. The molecule has 2 aromatic rings. The van der Waals surface area contributed by atoms with Crippen LogP contribution in [0.4, 0.5) is 0 Å². The van der Waals surface area contributed by atoms with Crippen LogP contribution in [0.1, 0.15) is 18.1 Å². The van der Waals surface area contributed by atoms with Gasteiger partial charge in [-0.2, -0.15) is 5.10 Å². The second-order valence-corrected chi connectivity index (χ2v) is 7.87. The Morgan fingerprint density at radius 2 is 2.17 bits per heavy atom. The number of aliphatic hydroxyl groups is 1. The summed E-state index contributed by atoms with van der Waals surface area (Å²) in [6.45, 7) is 1.55. The third kappa shape index (κ3) is 4.14. The highest BCUT2D eigenvalue weighted by Crippen LogP contribution is 2.20. The standard InChI is InChI=1S/C16H20N2O5S/c1-24(20,21)15-4-2-12(3-5-15)16(19)10-18-9-14(8-17-18)23-13-6-7-22-11-13/h2-5,8-9,13,16,19H,6-7,10-11H2,1H3. The van der Waals surface area contributed by atoms with Crippen LogP contribution in [-0.2, 0) is 21.1 Å². The Morgan fingerprint density at radius 3 is 2.79 bits per heavy atom. The van der Waals surface area contributed by atoms with E-state index in [0.717, 1.165) is 12.7 Å². The average molecular weight is 352 g/mol. The smallest absolute Gasteiger partial charge is 0.175 e. The summed E-state index contributed by atoms with van der Waals surface area (Å²) in [5, 5.41) is 14.5. The van der Waals surface area contributed by atoms with Gasteiger partial charge in [0.25, 0.3) is 0 Å². The second-order valence-electron chi connectivity index (χ2n) is 5.86. The van der Waals surface area contributed by atoms with Crippen LogP contribution >= 0.6 is 0 Å². The van der Waals surface area contributed by atoms with Gasteiger partial charge in [0.1, 0.15) is 6.10 Å². The van der Waals surface area contributed by atoms with E-state index in [1.165, 1.54) is 12.1 Å². The maximum absolute atomic E-state index is 11.5. The van der Waals surface area contributed by atoms with Crippen molar-refractivity contribution in [1.82, 2.24) is 9.78 Å². The molecule has 1 N–H and O–H groups in total. The van der Waals surface area contributed by atoms with E-state index in [-0.39, 0.29) is 17.5 Å². The van der Waals surface area contributed by atoms with E-state index in [9.17, 15) is 13.5 Å². The first-order valence-electron chi connectivity index (χ1n) is 7.67. The molecule has 0 amide bonds. The quantitative estimate of drug-likeness (QED) is 0.840. The Morgan fingerprint density at radius 1 is 1.42 bits per heavy atom. The molecule has 130 valence electrons. The highest BCUT2D eigenvalue weighted by atomic mass is 32.2. The number of ether oxygens (including phenoxy) is 2. The Bertz CT molecular complexity index is 779. The molecule has 0 spiro atoms. The van der Waals surface area contributed by atoms with Gasteiger partial charge in [-0.15, -0.1) is 0 Å². The predicted octanol–water partition coefficient (Wildman–Crippen LogP) is 1.19. The summed E-state index contributed by atoms with van der Waals surface area (Å²) >= 11 is 0. The molecular formula is C16H20N2O5S. The first kappa shape index (κ1) is 16.9. The van der Waals surface area contributed by atoms with E-state index in [4.69, 9.17) is 9.47 Å². The SMILES string of the molecule is CS(=O)(=O)c1ccc(C(O)Cn2cc(OC3CCOC3)cn2)cc1. The van der Waals surface area contributed by atoms with Gasteiger partial charge in [0.2, 0.25) is 0 Å². The first-order valence-corrected chi connectivity index (χ1v) is 9.56. The zero-order valence-corrected chi connectivity index (χ0v) is 14.1. The van der Waals surface area contributed by atoms with Crippen molar-refractivity contribution in [3.05, 3.63) is 42.2 Å².